The molecule has 17 N–H and O–H groups in total. The Morgan fingerprint density at radius 3 is 1.83 bits per heavy atom. The number of aromatic nitrogens is 3. The van der Waals surface area contributed by atoms with Gasteiger partial charge in [0.25, 0.3) is 0 Å². The second kappa shape index (κ2) is 42.8. The number of unbranched alkanes of at least 4 members (excludes halogenated alkanes) is 1. The number of amides is 11. The summed E-state index contributed by atoms with van der Waals surface area (Å²) in [5, 5.41) is 57.9. The van der Waals surface area contributed by atoms with Crippen molar-refractivity contribution in [2.24, 2.45) is 17.4 Å². The number of benzene rings is 3. The van der Waals surface area contributed by atoms with E-state index in [2.05, 4.69) is 68.8 Å². The van der Waals surface area contributed by atoms with Crippen molar-refractivity contribution in [2.75, 3.05) is 58.5 Å². The van der Waals surface area contributed by atoms with Gasteiger partial charge < -0.3 is 89.3 Å². The van der Waals surface area contributed by atoms with Gasteiger partial charge >= 0.3 is 6.03 Å². The van der Waals surface area contributed by atoms with E-state index >= 15 is 4.79 Å². The number of ether oxygens (including phenoxy) is 3. The highest BCUT2D eigenvalue weighted by Crippen LogP contribution is 2.33. The first kappa shape index (κ1) is 79.9. The van der Waals surface area contributed by atoms with Crippen LogP contribution in [-0.2, 0) is 89.6 Å². The van der Waals surface area contributed by atoms with Crippen LogP contribution in [0.1, 0.15) is 113 Å². The first-order valence-corrected chi connectivity index (χ1v) is 36.1. The Morgan fingerprint density at radius 1 is 0.618 bits per heavy atom. The van der Waals surface area contributed by atoms with E-state index in [1.54, 1.807) is 83.7 Å². The first-order valence-electron chi connectivity index (χ1n) is 35.1. The van der Waals surface area contributed by atoms with Crippen LogP contribution in [0, 0.1) is 11.3 Å². The number of hydrogen-bond donors (Lipinski definition) is 15. The Balaban J connectivity index is 1.05. The quantitative estimate of drug-likeness (QED) is 0.0144. The van der Waals surface area contributed by atoms with Crippen molar-refractivity contribution in [3.8, 4) is 5.75 Å². The summed E-state index contributed by atoms with van der Waals surface area (Å²) in [6.45, 7) is 4.88. The highest BCUT2D eigenvalue weighted by Gasteiger charge is 2.43. The number of guanidine groups is 1. The Bertz CT molecular complexity index is 3370. The highest BCUT2D eigenvalue weighted by molar-refractivity contribution is 8.00. The molecule has 3 aromatic carbocycles. The van der Waals surface area contributed by atoms with Gasteiger partial charge in [-0.2, -0.15) is 11.8 Å². The molecule has 31 nitrogen and oxygen atoms in total. The second-order valence-corrected chi connectivity index (χ2v) is 27.4. The third-order valence-electron chi connectivity index (χ3n) is 17.4. The Morgan fingerprint density at radius 2 is 1.20 bits per heavy atom. The number of nitrogens with two attached hydrogens (primary N) is 2. The summed E-state index contributed by atoms with van der Waals surface area (Å²) >= 11 is 1.85. The lowest BCUT2D eigenvalue weighted by molar-refractivity contribution is -0.136. The van der Waals surface area contributed by atoms with Crippen LogP contribution in [-0.4, -0.2) is 203 Å². The van der Waals surface area contributed by atoms with Gasteiger partial charge in [0.1, 0.15) is 54.6 Å². The average molecular weight is 1440 g/mol. The lowest BCUT2D eigenvalue weighted by Crippen LogP contribution is -2.61. The van der Waals surface area contributed by atoms with Crippen molar-refractivity contribution in [2.45, 2.75) is 183 Å². The largest absolute Gasteiger partial charge is 0.508 e. The number of nitrogens with one attached hydrogen (secondary N) is 12. The monoisotopic (exact) mass is 1440 g/mol. The van der Waals surface area contributed by atoms with E-state index < -0.39 is 96.2 Å². The molecular formula is C70H101N17O14S. The Kier molecular flexibility index (Phi) is 33.5. The summed E-state index contributed by atoms with van der Waals surface area (Å²) in [5.74, 6) is -5.87. The molecule has 1 unspecified atom stereocenters. The third-order valence-corrected chi connectivity index (χ3v) is 18.9. The number of fused-ring (bicyclic) bond motifs is 3. The van der Waals surface area contributed by atoms with E-state index in [1.165, 1.54) is 12.1 Å². The third kappa shape index (κ3) is 28.6. The predicted octanol–water partition coefficient (Wildman–Crippen LogP) is 0.298. The Hall–Kier alpha value is -9.40. The zero-order chi connectivity index (χ0) is 73.2. The normalized spacial score (nSPS) is 22.8. The highest BCUT2D eigenvalue weighted by atomic mass is 32.2. The molecule has 4 heterocycles. The molecule has 0 aliphatic carbocycles. The first-order chi connectivity index (χ1) is 49.2. The van der Waals surface area contributed by atoms with E-state index in [1.807, 2.05) is 25.6 Å². The molecule has 3 aliphatic heterocycles. The number of primary amides is 1. The topological polar surface area (TPSA) is 458 Å². The molecule has 0 radical (unpaired) electrons. The number of hydrogen-bond acceptors (Lipinski definition) is 18. The Labute approximate surface area is 598 Å². The number of aromatic hydroxyl groups is 1. The maximum atomic E-state index is 15.0. The van der Waals surface area contributed by atoms with Crippen LogP contribution < -0.4 is 70.0 Å². The van der Waals surface area contributed by atoms with Gasteiger partial charge in [0.2, 0.25) is 53.2 Å². The summed E-state index contributed by atoms with van der Waals surface area (Å²) in [4.78, 5) is 139. The van der Waals surface area contributed by atoms with E-state index in [4.69, 9.17) is 31.1 Å². The smallest absolute Gasteiger partial charge is 0.315 e. The number of phenols is 1. The fraction of sp³-hybridized carbons (Fsp3) is 0.557. The number of thioether (sulfide) groups is 1. The number of carbonyl (C=O) groups excluding carboxylic acids is 10. The van der Waals surface area contributed by atoms with Crippen molar-refractivity contribution in [1.82, 2.24) is 73.5 Å². The van der Waals surface area contributed by atoms with Gasteiger partial charge in [0, 0.05) is 62.5 Å². The second-order valence-electron chi connectivity index (χ2n) is 26.1. The van der Waals surface area contributed by atoms with Crippen LogP contribution in [0.3, 0.4) is 0 Å². The molecule has 102 heavy (non-hydrogen) atoms. The maximum Gasteiger partial charge on any atom is 0.315 e. The molecule has 1 aromatic heterocycles. The number of nitrogens with zero attached hydrogens (tertiary/aromatic N) is 3. The van der Waals surface area contributed by atoms with Gasteiger partial charge in [-0.1, -0.05) is 111 Å². The zero-order valence-electron chi connectivity index (χ0n) is 58.1. The molecule has 11 amide bonds. The van der Waals surface area contributed by atoms with E-state index in [0.29, 0.717) is 66.4 Å². The molecular weight excluding hydrogens is 1330 g/mol. The van der Waals surface area contributed by atoms with E-state index in [-0.39, 0.29) is 139 Å². The minimum atomic E-state index is -1.40. The van der Waals surface area contributed by atoms with E-state index in [0.717, 1.165) is 25.0 Å². The van der Waals surface area contributed by atoms with Crippen molar-refractivity contribution in [3.63, 3.8) is 0 Å². The molecule has 10 atom stereocenters. The van der Waals surface area contributed by atoms with Crippen LogP contribution in [0.25, 0.3) is 0 Å². The number of rotatable bonds is 30. The summed E-state index contributed by atoms with van der Waals surface area (Å²) < 4.78 is 18.5. The molecule has 2 fully saturated rings. The summed E-state index contributed by atoms with van der Waals surface area (Å²) in [5.41, 5.74) is 13.7. The van der Waals surface area contributed by atoms with Gasteiger partial charge in [-0.3, -0.25) is 53.2 Å². The molecule has 2 bridgehead atoms. The lowest BCUT2D eigenvalue weighted by atomic mass is 9.99. The van der Waals surface area contributed by atoms with Gasteiger partial charge in [0.15, 0.2) is 5.96 Å². The minimum Gasteiger partial charge on any atom is -0.508 e. The van der Waals surface area contributed by atoms with Crippen LogP contribution in [0.5, 0.6) is 5.75 Å². The average Bonchev–Trinajstić information content (AvgIpc) is 1.66. The van der Waals surface area contributed by atoms with Gasteiger partial charge in [-0.25, -0.2) is 4.79 Å². The van der Waals surface area contributed by atoms with Crippen molar-refractivity contribution in [1.29, 1.82) is 5.41 Å². The fourth-order valence-corrected chi connectivity index (χ4v) is 13.5. The molecule has 556 valence electrons. The van der Waals surface area contributed by atoms with Crippen LogP contribution in [0.15, 0.2) is 91.1 Å². The molecule has 0 spiro atoms. The number of urea groups is 1. The number of aryl methyl sites for hydroxylation is 2. The van der Waals surface area contributed by atoms with Gasteiger partial charge in [0.05, 0.1) is 50.8 Å². The molecule has 2 saturated heterocycles. The van der Waals surface area contributed by atoms with Crippen LogP contribution in [0.4, 0.5) is 4.79 Å². The van der Waals surface area contributed by atoms with Crippen LogP contribution in [0.2, 0.25) is 0 Å². The zero-order valence-corrected chi connectivity index (χ0v) is 58.9. The number of carbonyl (C=O) groups is 10. The lowest BCUT2D eigenvalue weighted by Gasteiger charge is -2.28. The SMILES string of the molecule is CC(C)C[C@H]1NC(=O)[C@@H](CCCNC(=N)N)NC(=O)[C@@H](Cc2ccccc2)NC(=O)[C@@H](Cc2ccccc2)NC(=O)[C@@H](NC(=O)COCCOCCOCCNC(=O)CCCCC2SC[C@H]3NC(=O)N[C@@H]23)CCc2cn(nn2)CCCCC[C@@H](C(N)=O)NC(=O)[C@@H](Cc2ccc(O)cc2)NC1=O. The maximum absolute atomic E-state index is 15.0. The van der Waals surface area contributed by atoms with Gasteiger partial charge in [-0.15, -0.1) is 5.10 Å². The fourth-order valence-electron chi connectivity index (χ4n) is 12.0. The van der Waals surface area contributed by atoms with Crippen LogP contribution >= 0.6 is 11.8 Å². The molecule has 4 aromatic rings. The van der Waals surface area contributed by atoms with E-state index in [9.17, 15) is 48.3 Å². The minimum absolute atomic E-state index is 0.0106. The van der Waals surface area contributed by atoms with Crippen molar-refractivity contribution < 1.29 is 67.3 Å². The predicted molar refractivity (Wildman–Crippen MR) is 380 cm³/mol. The number of phenolic OH excluding ortho intramolecular Hbond substituents is 1. The van der Waals surface area contributed by atoms with Gasteiger partial charge in [-0.05, 0) is 92.5 Å². The summed E-state index contributed by atoms with van der Waals surface area (Å²) in [6, 6.07) is 14.6. The standard InChI is InChI=1S/C70H101N17O14S/c1-44(2)37-53-65(94)81-56(40-47-23-26-49(88)27-24-47)66(95)77-50(62(71)91)19-10-5-13-31-87-41-48(85-86-87)25-28-52(76-60(90)42-101-36-35-100-34-33-99-32-30-74-59(89)22-12-11-21-58-61-57(43-102-58)83-70(98)84-61)64(93)80-55(39-46-17-8-4-9-18-46)68(97)82-54(38-45-15-6-3-7-16-45)67(96)78-51(63(92)79-53)20-14-29-75-69(72)73/h3-4,6-9,15-18,23-24,26-27,41,44,50-58,61,88H,5,10-14,19-22,25,28-40,42-43H2,1-2H3,(H2,71,91)(H,74,89)(H,76,90)(H,77,95)(H,78,96)(H,79,92)(H,80,93)(H,81,94)(H,82,97)(H4,72,73,75)(H2,83,84,98)/t50-,51+,52-,53+,54+,55+,56+,57+,58?,61+/m0/s1. The van der Waals surface area contributed by atoms with Crippen molar-refractivity contribution >= 4 is 76.9 Å². The molecule has 32 heteroatoms. The molecule has 3 aliphatic rings. The summed E-state index contributed by atoms with van der Waals surface area (Å²) in [7, 11) is 0. The van der Waals surface area contributed by atoms with Crippen molar-refractivity contribution in [3.05, 3.63) is 114 Å². The molecule has 7 rings (SSSR count). The molecule has 0 saturated carbocycles. The summed E-state index contributed by atoms with van der Waals surface area (Å²) in [6.07, 6.45) is 6.34.